The fourth-order valence-corrected chi connectivity index (χ4v) is 4.39. The summed E-state index contributed by atoms with van der Waals surface area (Å²) in [6, 6.07) is 3.19. The van der Waals surface area contributed by atoms with Gasteiger partial charge in [0.2, 0.25) is 5.95 Å². The smallest absolute Gasteiger partial charge is 0.277 e. The van der Waals surface area contributed by atoms with Crippen molar-refractivity contribution in [1.82, 2.24) is 14.3 Å². The lowest BCUT2D eigenvalue weighted by Crippen LogP contribution is -2.53. The van der Waals surface area contributed by atoms with Gasteiger partial charge in [-0.2, -0.15) is 4.39 Å². The van der Waals surface area contributed by atoms with Crippen molar-refractivity contribution in [2.45, 2.75) is 56.8 Å². The molecule has 2 aliphatic heterocycles. The van der Waals surface area contributed by atoms with Gasteiger partial charge in [-0.15, -0.1) is 0 Å². The molecule has 2 aromatic heterocycles. The Kier molecular flexibility index (Phi) is 4.86. The number of fused-ring (bicyclic) bond motifs is 1. The van der Waals surface area contributed by atoms with E-state index < -0.39 is 11.9 Å². The fourth-order valence-electron chi connectivity index (χ4n) is 4.23. The van der Waals surface area contributed by atoms with Crippen molar-refractivity contribution in [3.8, 4) is 0 Å². The van der Waals surface area contributed by atoms with E-state index in [1.165, 1.54) is 10.6 Å². The van der Waals surface area contributed by atoms with E-state index in [4.69, 9.17) is 16.3 Å². The van der Waals surface area contributed by atoms with Crippen LogP contribution in [0.3, 0.4) is 0 Å². The molecule has 0 bridgehead atoms. The van der Waals surface area contributed by atoms with E-state index in [0.717, 1.165) is 6.42 Å². The van der Waals surface area contributed by atoms with Gasteiger partial charge in [0.15, 0.2) is 5.69 Å². The maximum atomic E-state index is 14.6. The van der Waals surface area contributed by atoms with Crippen LogP contribution >= 0.6 is 11.6 Å². The predicted octanol–water partition coefficient (Wildman–Crippen LogP) is 3.05. The van der Waals surface area contributed by atoms with Crippen LogP contribution in [-0.2, 0) is 4.74 Å². The highest BCUT2D eigenvalue weighted by Gasteiger charge is 2.44. The number of ether oxygens (including phenoxy) is 1. The number of amides is 1. The summed E-state index contributed by atoms with van der Waals surface area (Å²) in [5.74, 6) is -1.13. The number of rotatable bonds is 2. The number of carbonyl (C=O) groups is 1. The molecule has 1 spiro atoms. The molecule has 27 heavy (non-hydrogen) atoms. The minimum absolute atomic E-state index is 0.0524. The predicted molar refractivity (Wildman–Crippen MR) is 98.4 cm³/mol. The van der Waals surface area contributed by atoms with Crippen molar-refractivity contribution in [2.24, 2.45) is 0 Å². The van der Waals surface area contributed by atoms with Gasteiger partial charge in [0.1, 0.15) is 5.65 Å². The Morgan fingerprint density at radius 3 is 2.89 bits per heavy atom. The lowest BCUT2D eigenvalue weighted by Gasteiger charge is -2.47. The SMILES string of the molecule is CC[C@H]1C[C@@H](O)CC2(CCN(C(=O)c3nc4ccc(Cl)cn4c3F)CC2)O1. The Hall–Kier alpha value is -1.70. The number of hydrogen-bond donors (Lipinski definition) is 1. The number of hydrogen-bond acceptors (Lipinski definition) is 4. The van der Waals surface area contributed by atoms with Crippen molar-refractivity contribution in [1.29, 1.82) is 0 Å². The van der Waals surface area contributed by atoms with E-state index in [2.05, 4.69) is 4.98 Å². The lowest BCUT2D eigenvalue weighted by molar-refractivity contribution is -0.179. The second-order valence-corrected chi connectivity index (χ2v) is 7.98. The van der Waals surface area contributed by atoms with Crippen LogP contribution in [0.4, 0.5) is 4.39 Å². The maximum Gasteiger partial charge on any atom is 0.277 e. The van der Waals surface area contributed by atoms with Gasteiger partial charge in [0.25, 0.3) is 5.91 Å². The standard InChI is InChI=1S/C19H23ClFN3O3/c1-2-14-9-13(25)10-19(27-14)5-7-23(8-6-19)18(26)16-17(21)24-11-12(20)3-4-15(24)22-16/h3-4,11,13-14,25H,2,5-10H2,1H3/t13-,14+/m1/s1. The molecule has 0 aromatic carbocycles. The Labute approximate surface area is 161 Å². The van der Waals surface area contributed by atoms with Gasteiger partial charge in [-0.3, -0.25) is 9.20 Å². The second kappa shape index (κ2) is 7.04. The highest BCUT2D eigenvalue weighted by atomic mass is 35.5. The third-order valence-corrected chi connectivity index (χ3v) is 5.93. The summed E-state index contributed by atoms with van der Waals surface area (Å²) < 4.78 is 22.1. The van der Waals surface area contributed by atoms with E-state index in [1.807, 2.05) is 6.92 Å². The second-order valence-electron chi connectivity index (χ2n) is 7.54. The Morgan fingerprint density at radius 1 is 1.44 bits per heavy atom. The van der Waals surface area contributed by atoms with Gasteiger partial charge >= 0.3 is 0 Å². The number of carbonyl (C=O) groups excluding carboxylic acids is 1. The van der Waals surface area contributed by atoms with Crippen LogP contribution in [0.15, 0.2) is 18.3 Å². The summed E-state index contributed by atoms with van der Waals surface area (Å²) in [6.45, 7) is 2.96. The molecule has 6 nitrogen and oxygen atoms in total. The molecule has 146 valence electrons. The Morgan fingerprint density at radius 2 is 2.19 bits per heavy atom. The summed E-state index contributed by atoms with van der Waals surface area (Å²) in [4.78, 5) is 18.6. The van der Waals surface area contributed by atoms with Gasteiger partial charge in [0, 0.05) is 25.7 Å². The van der Waals surface area contributed by atoms with Gasteiger partial charge in [-0.25, -0.2) is 4.98 Å². The molecular weight excluding hydrogens is 373 g/mol. The number of imidazole rings is 1. The largest absolute Gasteiger partial charge is 0.393 e. The number of pyridine rings is 1. The van der Waals surface area contributed by atoms with Gasteiger partial charge in [0.05, 0.1) is 22.8 Å². The normalized spacial score (nSPS) is 25.3. The van der Waals surface area contributed by atoms with Crippen molar-refractivity contribution >= 4 is 23.2 Å². The van der Waals surface area contributed by atoms with E-state index >= 15 is 0 Å². The first-order chi connectivity index (χ1) is 12.9. The average Bonchev–Trinajstić information content (AvgIpc) is 2.97. The molecule has 2 aliphatic rings. The van der Waals surface area contributed by atoms with Crippen molar-refractivity contribution in [3.63, 3.8) is 0 Å². The third-order valence-electron chi connectivity index (χ3n) is 5.70. The van der Waals surface area contributed by atoms with Crippen molar-refractivity contribution in [3.05, 3.63) is 35.0 Å². The number of aliphatic hydroxyl groups is 1. The molecule has 0 aliphatic carbocycles. The van der Waals surface area contributed by atoms with Crippen LogP contribution < -0.4 is 0 Å². The van der Waals surface area contributed by atoms with E-state index in [-0.39, 0.29) is 23.5 Å². The zero-order chi connectivity index (χ0) is 19.2. The van der Waals surface area contributed by atoms with Crippen LogP contribution in [0.25, 0.3) is 5.65 Å². The molecule has 1 N–H and O–H groups in total. The number of aromatic nitrogens is 2. The first-order valence-corrected chi connectivity index (χ1v) is 9.77. The van der Waals surface area contributed by atoms with Crippen molar-refractivity contribution in [2.75, 3.05) is 13.1 Å². The zero-order valence-electron chi connectivity index (χ0n) is 15.2. The number of halogens is 2. The molecule has 0 radical (unpaired) electrons. The summed E-state index contributed by atoms with van der Waals surface area (Å²) in [6.07, 6.45) is 4.46. The molecule has 2 saturated heterocycles. The van der Waals surface area contributed by atoms with Crippen LogP contribution in [0.5, 0.6) is 0 Å². The minimum atomic E-state index is -0.701. The van der Waals surface area contributed by atoms with E-state index in [0.29, 0.717) is 49.4 Å². The number of nitrogens with zero attached hydrogens (tertiary/aromatic N) is 3. The first kappa shape index (κ1) is 18.7. The van der Waals surface area contributed by atoms with E-state index in [9.17, 15) is 14.3 Å². The van der Waals surface area contributed by atoms with Crippen LogP contribution in [0, 0.1) is 5.95 Å². The minimum Gasteiger partial charge on any atom is -0.393 e. The topological polar surface area (TPSA) is 67.1 Å². The van der Waals surface area contributed by atoms with Crippen LogP contribution in [0.1, 0.15) is 49.5 Å². The van der Waals surface area contributed by atoms with Gasteiger partial charge < -0.3 is 14.7 Å². The molecule has 2 aromatic rings. The highest BCUT2D eigenvalue weighted by molar-refractivity contribution is 6.30. The van der Waals surface area contributed by atoms with Crippen molar-refractivity contribution < 1.29 is 19.0 Å². The third kappa shape index (κ3) is 3.44. The molecule has 4 rings (SSSR count). The average molecular weight is 396 g/mol. The number of likely N-dealkylation sites (tertiary alicyclic amines) is 1. The van der Waals surface area contributed by atoms with E-state index in [1.54, 1.807) is 17.0 Å². The zero-order valence-corrected chi connectivity index (χ0v) is 16.0. The quantitative estimate of drug-likeness (QED) is 0.848. The van der Waals surface area contributed by atoms with Gasteiger partial charge in [-0.05, 0) is 37.8 Å². The molecule has 4 heterocycles. The van der Waals surface area contributed by atoms with Crippen LogP contribution in [-0.4, -0.2) is 56.2 Å². The highest BCUT2D eigenvalue weighted by Crippen LogP contribution is 2.38. The summed E-state index contributed by atoms with van der Waals surface area (Å²) in [5.41, 5.74) is -0.234. The number of aliphatic hydroxyl groups excluding tert-OH is 1. The van der Waals surface area contributed by atoms with Gasteiger partial charge in [-0.1, -0.05) is 18.5 Å². The summed E-state index contributed by atoms with van der Waals surface area (Å²) >= 11 is 5.90. The molecule has 2 atom stereocenters. The molecular formula is C19H23ClFN3O3. The lowest BCUT2D eigenvalue weighted by atomic mass is 9.81. The molecule has 1 amide bonds. The fraction of sp³-hybridized carbons (Fsp3) is 0.579. The first-order valence-electron chi connectivity index (χ1n) is 9.39. The summed E-state index contributed by atoms with van der Waals surface area (Å²) in [5, 5.41) is 10.6. The Balaban J connectivity index is 1.50. The molecule has 0 saturated carbocycles. The number of piperidine rings is 1. The maximum absolute atomic E-state index is 14.6. The molecule has 8 heteroatoms. The Bertz CT molecular complexity index is 863. The summed E-state index contributed by atoms with van der Waals surface area (Å²) in [7, 11) is 0. The van der Waals surface area contributed by atoms with Crippen LogP contribution in [0.2, 0.25) is 5.02 Å². The molecule has 0 unspecified atom stereocenters. The molecule has 2 fully saturated rings. The monoisotopic (exact) mass is 395 g/mol.